The van der Waals surface area contributed by atoms with Crippen molar-refractivity contribution in [3.8, 4) is 0 Å². The van der Waals surface area contributed by atoms with Crippen LogP contribution in [0.25, 0.3) is 11.0 Å². The minimum absolute atomic E-state index is 0.0128. The number of rotatable bonds is 2. The van der Waals surface area contributed by atoms with Crippen molar-refractivity contribution in [1.29, 1.82) is 0 Å². The van der Waals surface area contributed by atoms with E-state index in [1.165, 1.54) is 48.2 Å². The van der Waals surface area contributed by atoms with Gasteiger partial charge in [-0.15, -0.1) is 11.8 Å². The van der Waals surface area contributed by atoms with Gasteiger partial charge < -0.3 is 4.42 Å². The predicted octanol–water partition coefficient (Wildman–Crippen LogP) is 4.89. The van der Waals surface area contributed by atoms with Crippen LogP contribution in [0.15, 0.2) is 67.5 Å². The maximum atomic E-state index is 13.4. The number of hydrogen-bond acceptors (Lipinski definition) is 5. The number of fused-ring (bicyclic) bond motifs is 2. The standard InChI is InChI=1S/C20H16F3NO4S2/c1-12-8-9-24(16-11-14(20(21,22)23)3-6-18(16)29-12)30(26,27)15-4-5-17-13(10-15)2-7-19(25)28-17/h2-7,10-12H,8-9H2,1H3/t12-/m1/s1. The molecule has 0 amide bonds. The first-order chi connectivity index (χ1) is 14.1. The van der Waals surface area contributed by atoms with Gasteiger partial charge in [-0.2, -0.15) is 13.2 Å². The Bertz CT molecular complexity index is 1290. The monoisotopic (exact) mass is 455 g/mol. The summed E-state index contributed by atoms with van der Waals surface area (Å²) in [5, 5.41) is 0.434. The lowest BCUT2D eigenvalue weighted by Gasteiger charge is -2.25. The Morgan fingerprint density at radius 2 is 1.87 bits per heavy atom. The van der Waals surface area contributed by atoms with Crippen LogP contribution in [0.4, 0.5) is 18.9 Å². The van der Waals surface area contributed by atoms with Crippen LogP contribution in [-0.2, 0) is 16.2 Å². The lowest BCUT2D eigenvalue weighted by Crippen LogP contribution is -2.32. The molecule has 4 rings (SSSR count). The Balaban J connectivity index is 1.86. The van der Waals surface area contributed by atoms with E-state index in [9.17, 15) is 26.4 Å². The van der Waals surface area contributed by atoms with Crippen molar-refractivity contribution in [1.82, 2.24) is 0 Å². The summed E-state index contributed by atoms with van der Waals surface area (Å²) in [7, 11) is -4.15. The number of anilines is 1. The van der Waals surface area contributed by atoms with E-state index in [-0.39, 0.29) is 28.0 Å². The molecule has 0 bridgehead atoms. The Kier molecular flexibility index (Phi) is 5.09. The highest BCUT2D eigenvalue weighted by atomic mass is 32.2. The van der Waals surface area contributed by atoms with Crippen LogP contribution in [0.2, 0.25) is 0 Å². The van der Waals surface area contributed by atoms with E-state index < -0.39 is 27.4 Å². The van der Waals surface area contributed by atoms with Crippen LogP contribution in [0.3, 0.4) is 0 Å². The van der Waals surface area contributed by atoms with Gasteiger partial charge in [-0.3, -0.25) is 4.31 Å². The fourth-order valence-electron chi connectivity index (χ4n) is 3.27. The number of halogens is 3. The molecule has 0 radical (unpaired) electrons. The van der Waals surface area contributed by atoms with E-state index in [0.29, 0.717) is 16.7 Å². The van der Waals surface area contributed by atoms with Gasteiger partial charge in [0.2, 0.25) is 0 Å². The minimum Gasteiger partial charge on any atom is -0.423 e. The number of nitrogens with zero attached hydrogens (tertiary/aromatic N) is 1. The fourth-order valence-corrected chi connectivity index (χ4v) is 5.95. The lowest BCUT2D eigenvalue weighted by molar-refractivity contribution is -0.137. The van der Waals surface area contributed by atoms with Crippen molar-refractivity contribution < 1.29 is 26.0 Å². The van der Waals surface area contributed by atoms with Gasteiger partial charge in [0.25, 0.3) is 10.0 Å². The molecule has 1 aliphatic rings. The SMILES string of the molecule is C[C@@H]1CCN(S(=O)(=O)c2ccc3oc(=O)ccc3c2)c2cc(C(F)(F)F)ccc2S1. The zero-order valence-corrected chi connectivity index (χ0v) is 17.3. The number of hydrogen-bond donors (Lipinski definition) is 0. The maximum absolute atomic E-state index is 13.4. The minimum atomic E-state index is -4.59. The Morgan fingerprint density at radius 3 is 2.60 bits per heavy atom. The molecule has 0 unspecified atom stereocenters. The molecule has 30 heavy (non-hydrogen) atoms. The molecule has 2 heterocycles. The van der Waals surface area contributed by atoms with Crippen molar-refractivity contribution in [2.45, 2.75) is 34.6 Å². The summed E-state index contributed by atoms with van der Waals surface area (Å²) in [4.78, 5) is 11.7. The summed E-state index contributed by atoms with van der Waals surface area (Å²) < 4.78 is 72.7. The molecule has 158 valence electrons. The van der Waals surface area contributed by atoms with Crippen LogP contribution < -0.4 is 9.93 Å². The summed E-state index contributed by atoms with van der Waals surface area (Å²) in [5.74, 6) is 0. The van der Waals surface area contributed by atoms with Crippen molar-refractivity contribution in [2.24, 2.45) is 0 Å². The molecule has 1 atom stereocenters. The van der Waals surface area contributed by atoms with Crippen molar-refractivity contribution >= 4 is 38.4 Å². The normalized spacial score (nSPS) is 17.6. The van der Waals surface area contributed by atoms with E-state index >= 15 is 0 Å². The summed E-state index contributed by atoms with van der Waals surface area (Å²) in [6.07, 6.45) is -4.12. The highest BCUT2D eigenvalue weighted by Crippen LogP contribution is 2.43. The molecule has 10 heteroatoms. The third kappa shape index (κ3) is 3.81. The zero-order valence-electron chi connectivity index (χ0n) is 15.6. The smallest absolute Gasteiger partial charge is 0.416 e. The molecule has 0 saturated heterocycles. The highest BCUT2D eigenvalue weighted by Gasteiger charge is 2.35. The summed E-state index contributed by atoms with van der Waals surface area (Å²) in [6, 6.07) is 9.79. The third-order valence-electron chi connectivity index (χ3n) is 4.80. The van der Waals surface area contributed by atoms with Gasteiger partial charge in [0, 0.05) is 28.1 Å². The van der Waals surface area contributed by atoms with Gasteiger partial charge in [-0.1, -0.05) is 6.92 Å². The highest BCUT2D eigenvalue weighted by molar-refractivity contribution is 8.00. The van der Waals surface area contributed by atoms with Crippen LogP contribution in [0.5, 0.6) is 0 Å². The second kappa shape index (κ2) is 7.35. The van der Waals surface area contributed by atoms with Gasteiger partial charge in [0.05, 0.1) is 16.1 Å². The van der Waals surface area contributed by atoms with Crippen molar-refractivity contribution in [2.75, 3.05) is 10.8 Å². The van der Waals surface area contributed by atoms with Crippen LogP contribution in [0.1, 0.15) is 18.9 Å². The van der Waals surface area contributed by atoms with E-state index in [2.05, 4.69) is 0 Å². The number of alkyl halides is 3. The van der Waals surface area contributed by atoms with E-state index in [4.69, 9.17) is 4.42 Å². The molecule has 0 fully saturated rings. The third-order valence-corrected chi connectivity index (χ3v) is 7.85. The summed E-state index contributed by atoms with van der Waals surface area (Å²) in [5.41, 5.74) is -1.23. The lowest BCUT2D eigenvalue weighted by atomic mass is 10.2. The maximum Gasteiger partial charge on any atom is 0.416 e. The summed E-state index contributed by atoms with van der Waals surface area (Å²) in [6.45, 7) is 1.95. The molecule has 1 aliphatic heterocycles. The van der Waals surface area contributed by atoms with Gasteiger partial charge in [-0.05, 0) is 48.9 Å². The molecular formula is C20H16F3NO4S2. The van der Waals surface area contributed by atoms with Crippen LogP contribution in [0, 0.1) is 0 Å². The average Bonchev–Trinajstić information content (AvgIpc) is 2.84. The Labute approximate surface area is 174 Å². The average molecular weight is 455 g/mol. The molecule has 3 aromatic rings. The van der Waals surface area contributed by atoms with E-state index in [1.807, 2.05) is 6.92 Å². The quantitative estimate of drug-likeness (QED) is 0.515. The molecule has 0 spiro atoms. The van der Waals surface area contributed by atoms with Crippen molar-refractivity contribution in [3.63, 3.8) is 0 Å². The number of thioether (sulfide) groups is 1. The Morgan fingerprint density at radius 1 is 1.10 bits per heavy atom. The number of benzene rings is 2. The van der Waals surface area contributed by atoms with Crippen LogP contribution >= 0.6 is 11.8 Å². The largest absolute Gasteiger partial charge is 0.423 e. The van der Waals surface area contributed by atoms with E-state index in [1.54, 1.807) is 0 Å². The van der Waals surface area contributed by atoms with Gasteiger partial charge in [0.1, 0.15) is 5.58 Å². The fraction of sp³-hybridized carbons (Fsp3) is 0.250. The molecule has 5 nitrogen and oxygen atoms in total. The first-order valence-electron chi connectivity index (χ1n) is 9.00. The topological polar surface area (TPSA) is 67.6 Å². The molecule has 0 N–H and O–H groups in total. The van der Waals surface area contributed by atoms with E-state index in [0.717, 1.165) is 16.4 Å². The molecule has 1 aromatic heterocycles. The van der Waals surface area contributed by atoms with Crippen LogP contribution in [-0.4, -0.2) is 20.2 Å². The second-order valence-electron chi connectivity index (χ2n) is 6.93. The number of sulfonamides is 1. The molecule has 0 saturated carbocycles. The van der Waals surface area contributed by atoms with Gasteiger partial charge in [0.15, 0.2) is 0 Å². The zero-order chi connectivity index (χ0) is 21.7. The molecule has 2 aromatic carbocycles. The first-order valence-corrected chi connectivity index (χ1v) is 11.3. The van der Waals surface area contributed by atoms with Gasteiger partial charge in [-0.25, -0.2) is 13.2 Å². The predicted molar refractivity (Wildman–Crippen MR) is 108 cm³/mol. The molecule has 0 aliphatic carbocycles. The summed E-state index contributed by atoms with van der Waals surface area (Å²) >= 11 is 1.35. The van der Waals surface area contributed by atoms with Gasteiger partial charge >= 0.3 is 11.8 Å². The first kappa shape index (κ1) is 20.8. The Hall–Kier alpha value is -2.46. The van der Waals surface area contributed by atoms with Crippen molar-refractivity contribution in [3.05, 3.63) is 64.5 Å². The molecular weight excluding hydrogens is 439 g/mol. The second-order valence-corrected chi connectivity index (χ2v) is 10.3.